The number of nitrogens with one attached hydrogen (secondary N) is 2. The molecule has 1 amide bonds. The summed E-state index contributed by atoms with van der Waals surface area (Å²) in [7, 11) is 0. The maximum absolute atomic E-state index is 11.1. The second kappa shape index (κ2) is 4.97. The number of nitrogens with two attached hydrogens (primary N) is 1. The van der Waals surface area contributed by atoms with E-state index in [1.54, 1.807) is 18.2 Å². The van der Waals surface area contributed by atoms with Crippen LogP contribution in [-0.4, -0.2) is 15.9 Å². The van der Waals surface area contributed by atoms with Crippen molar-refractivity contribution in [2.45, 2.75) is 0 Å². The summed E-state index contributed by atoms with van der Waals surface area (Å²) in [5.74, 6) is 0.160. The Kier molecular flexibility index (Phi) is 3.15. The largest absolute Gasteiger partial charge is 0.366 e. The van der Waals surface area contributed by atoms with Gasteiger partial charge in [-0.1, -0.05) is 15.9 Å². The third-order valence-corrected chi connectivity index (χ3v) is 3.40. The quantitative estimate of drug-likeness (QED) is 0.689. The Morgan fingerprint density at radius 3 is 2.65 bits per heavy atom. The van der Waals surface area contributed by atoms with Crippen LogP contribution in [0.2, 0.25) is 0 Å². The summed E-state index contributed by atoms with van der Waals surface area (Å²) in [5.41, 5.74) is 8.17. The second-order valence-electron chi connectivity index (χ2n) is 4.31. The molecule has 6 heteroatoms. The van der Waals surface area contributed by atoms with Gasteiger partial charge in [-0.15, -0.1) is 0 Å². The molecule has 2 aromatic carbocycles. The number of H-pyrrole nitrogens is 1. The third kappa shape index (κ3) is 2.50. The van der Waals surface area contributed by atoms with E-state index < -0.39 is 5.91 Å². The van der Waals surface area contributed by atoms with Crippen molar-refractivity contribution < 1.29 is 4.79 Å². The minimum atomic E-state index is -0.455. The van der Waals surface area contributed by atoms with Crippen molar-refractivity contribution in [2.24, 2.45) is 5.73 Å². The first-order valence-corrected chi connectivity index (χ1v) is 6.73. The van der Waals surface area contributed by atoms with Crippen LogP contribution in [0.1, 0.15) is 10.4 Å². The number of halogens is 1. The molecular weight excluding hydrogens is 320 g/mol. The number of carbonyl (C=O) groups is 1. The standard InChI is InChI=1S/C14H11BrN4O/c15-9-2-4-10(5-3-9)17-14-18-11-6-1-8(13(16)20)7-12(11)19-14/h1-7H,(H2,16,20)(H2,17,18,19). The molecule has 100 valence electrons. The van der Waals surface area contributed by atoms with E-state index in [0.717, 1.165) is 21.2 Å². The molecule has 1 heterocycles. The van der Waals surface area contributed by atoms with Gasteiger partial charge >= 0.3 is 0 Å². The smallest absolute Gasteiger partial charge is 0.248 e. The van der Waals surface area contributed by atoms with Gasteiger partial charge in [0, 0.05) is 15.7 Å². The molecule has 0 bridgehead atoms. The van der Waals surface area contributed by atoms with Crippen molar-refractivity contribution in [3.63, 3.8) is 0 Å². The molecule has 0 spiro atoms. The van der Waals surface area contributed by atoms with Gasteiger partial charge in [-0.2, -0.15) is 0 Å². The van der Waals surface area contributed by atoms with Crippen LogP contribution in [-0.2, 0) is 0 Å². The number of hydrogen-bond acceptors (Lipinski definition) is 3. The maximum atomic E-state index is 11.1. The van der Waals surface area contributed by atoms with E-state index in [9.17, 15) is 4.79 Å². The van der Waals surface area contributed by atoms with E-state index >= 15 is 0 Å². The van der Waals surface area contributed by atoms with Crippen LogP contribution in [0.3, 0.4) is 0 Å². The molecule has 0 atom stereocenters. The van der Waals surface area contributed by atoms with E-state index in [1.165, 1.54) is 0 Å². The summed E-state index contributed by atoms with van der Waals surface area (Å²) in [6.07, 6.45) is 0. The van der Waals surface area contributed by atoms with Crippen molar-refractivity contribution >= 4 is 44.5 Å². The zero-order valence-corrected chi connectivity index (χ0v) is 11.9. The van der Waals surface area contributed by atoms with E-state index in [1.807, 2.05) is 24.3 Å². The molecule has 4 N–H and O–H groups in total. The van der Waals surface area contributed by atoms with Gasteiger partial charge in [0.2, 0.25) is 11.9 Å². The highest BCUT2D eigenvalue weighted by Gasteiger charge is 2.06. The molecule has 3 aromatic rings. The number of aromatic nitrogens is 2. The zero-order valence-electron chi connectivity index (χ0n) is 10.4. The molecule has 0 aliphatic rings. The monoisotopic (exact) mass is 330 g/mol. The normalized spacial score (nSPS) is 10.7. The minimum absolute atomic E-state index is 0.455. The highest BCUT2D eigenvalue weighted by Crippen LogP contribution is 2.20. The molecule has 0 unspecified atom stereocenters. The molecule has 0 aliphatic carbocycles. The Morgan fingerprint density at radius 2 is 1.95 bits per heavy atom. The van der Waals surface area contributed by atoms with Gasteiger partial charge in [-0.05, 0) is 42.5 Å². The Hall–Kier alpha value is -2.34. The summed E-state index contributed by atoms with van der Waals surface area (Å²) < 4.78 is 1.01. The molecule has 20 heavy (non-hydrogen) atoms. The summed E-state index contributed by atoms with van der Waals surface area (Å²) in [6.45, 7) is 0. The van der Waals surface area contributed by atoms with Crippen LogP contribution in [0.25, 0.3) is 11.0 Å². The number of benzene rings is 2. The zero-order chi connectivity index (χ0) is 14.1. The van der Waals surface area contributed by atoms with Crippen LogP contribution in [0.15, 0.2) is 46.9 Å². The lowest BCUT2D eigenvalue weighted by Crippen LogP contribution is -2.10. The number of imidazole rings is 1. The van der Waals surface area contributed by atoms with Gasteiger partial charge in [-0.3, -0.25) is 4.79 Å². The Bertz CT molecular complexity index is 779. The fourth-order valence-electron chi connectivity index (χ4n) is 1.89. The van der Waals surface area contributed by atoms with Crippen LogP contribution < -0.4 is 11.1 Å². The third-order valence-electron chi connectivity index (χ3n) is 2.87. The second-order valence-corrected chi connectivity index (χ2v) is 5.23. The molecule has 0 radical (unpaired) electrons. The predicted molar refractivity (Wildman–Crippen MR) is 82.0 cm³/mol. The number of aromatic amines is 1. The molecule has 0 fully saturated rings. The number of fused-ring (bicyclic) bond motifs is 1. The van der Waals surface area contributed by atoms with Gasteiger partial charge in [0.05, 0.1) is 11.0 Å². The van der Waals surface area contributed by atoms with E-state index in [4.69, 9.17) is 5.73 Å². The Balaban J connectivity index is 1.92. The maximum Gasteiger partial charge on any atom is 0.248 e. The van der Waals surface area contributed by atoms with Gasteiger partial charge in [0.1, 0.15) is 0 Å². The fourth-order valence-corrected chi connectivity index (χ4v) is 2.16. The number of carbonyl (C=O) groups excluding carboxylic acids is 1. The molecule has 0 aliphatic heterocycles. The highest BCUT2D eigenvalue weighted by atomic mass is 79.9. The summed E-state index contributed by atoms with van der Waals surface area (Å²) in [6, 6.07) is 12.9. The first kappa shape index (κ1) is 12.7. The molecule has 1 aromatic heterocycles. The van der Waals surface area contributed by atoms with Crippen molar-refractivity contribution in [3.8, 4) is 0 Å². The summed E-state index contributed by atoms with van der Waals surface area (Å²) in [5, 5.41) is 3.17. The summed E-state index contributed by atoms with van der Waals surface area (Å²) in [4.78, 5) is 18.7. The van der Waals surface area contributed by atoms with Crippen molar-refractivity contribution in [2.75, 3.05) is 5.32 Å². The van der Waals surface area contributed by atoms with E-state index in [-0.39, 0.29) is 0 Å². The predicted octanol–water partition coefficient (Wildman–Crippen LogP) is 3.17. The fraction of sp³-hybridized carbons (Fsp3) is 0. The number of amides is 1. The van der Waals surface area contributed by atoms with Crippen LogP contribution in [0, 0.1) is 0 Å². The lowest BCUT2D eigenvalue weighted by atomic mass is 10.2. The average molecular weight is 331 g/mol. The number of nitrogens with zero attached hydrogens (tertiary/aromatic N) is 1. The van der Waals surface area contributed by atoms with Gasteiger partial charge in [0.25, 0.3) is 0 Å². The van der Waals surface area contributed by atoms with E-state index in [0.29, 0.717) is 11.5 Å². The molecule has 5 nitrogen and oxygen atoms in total. The molecule has 3 rings (SSSR count). The lowest BCUT2D eigenvalue weighted by molar-refractivity contribution is 0.100. The first-order valence-electron chi connectivity index (χ1n) is 5.94. The highest BCUT2D eigenvalue weighted by molar-refractivity contribution is 9.10. The van der Waals surface area contributed by atoms with Crippen molar-refractivity contribution in [3.05, 3.63) is 52.5 Å². The molecule has 0 saturated carbocycles. The van der Waals surface area contributed by atoms with Crippen LogP contribution in [0.4, 0.5) is 11.6 Å². The summed E-state index contributed by atoms with van der Waals surface area (Å²) >= 11 is 3.39. The van der Waals surface area contributed by atoms with Gasteiger partial charge < -0.3 is 16.0 Å². The Labute approximate surface area is 123 Å². The lowest BCUT2D eigenvalue weighted by Gasteiger charge is -2.01. The minimum Gasteiger partial charge on any atom is -0.366 e. The van der Waals surface area contributed by atoms with Gasteiger partial charge in [0.15, 0.2) is 0 Å². The molecule has 0 saturated heterocycles. The number of rotatable bonds is 3. The SMILES string of the molecule is NC(=O)c1ccc2nc(Nc3ccc(Br)cc3)[nH]c2c1. The topological polar surface area (TPSA) is 83.8 Å². The first-order chi connectivity index (χ1) is 9.61. The average Bonchev–Trinajstić information content (AvgIpc) is 2.82. The van der Waals surface area contributed by atoms with Gasteiger partial charge in [-0.25, -0.2) is 4.98 Å². The van der Waals surface area contributed by atoms with E-state index in [2.05, 4.69) is 31.2 Å². The Morgan fingerprint density at radius 1 is 1.20 bits per heavy atom. The van der Waals surface area contributed by atoms with Crippen LogP contribution >= 0.6 is 15.9 Å². The van der Waals surface area contributed by atoms with Crippen LogP contribution in [0.5, 0.6) is 0 Å². The number of hydrogen-bond donors (Lipinski definition) is 3. The number of primary amides is 1. The van der Waals surface area contributed by atoms with Crippen molar-refractivity contribution in [1.29, 1.82) is 0 Å². The number of anilines is 2. The van der Waals surface area contributed by atoms with Crippen molar-refractivity contribution in [1.82, 2.24) is 9.97 Å². The molecular formula is C14H11BrN4O.